The molecule has 0 atom stereocenters. The van der Waals surface area contributed by atoms with E-state index in [4.69, 9.17) is 5.11 Å². The maximum atomic E-state index is 10.3. The lowest BCUT2D eigenvalue weighted by molar-refractivity contribution is -0.137. The van der Waals surface area contributed by atoms with Crippen molar-refractivity contribution in [3.8, 4) is 0 Å². The minimum atomic E-state index is -0.672. The lowest BCUT2D eigenvalue weighted by Crippen LogP contribution is -2.26. The number of halogens is 1. The van der Waals surface area contributed by atoms with Crippen LogP contribution in [0.15, 0.2) is 0 Å². The van der Waals surface area contributed by atoms with Gasteiger partial charge in [0.1, 0.15) is 0 Å². The minimum Gasteiger partial charge on any atom is -0.481 e. The lowest BCUT2D eigenvalue weighted by atomic mass is 10.2. The molecule has 0 aliphatic rings. The van der Waals surface area contributed by atoms with Crippen LogP contribution in [-0.2, 0) is 4.79 Å². The summed E-state index contributed by atoms with van der Waals surface area (Å²) in [7, 11) is 0. The molecule has 0 unspecified atom stereocenters. The zero-order valence-electron chi connectivity index (χ0n) is 10.6. The van der Waals surface area contributed by atoms with Gasteiger partial charge in [0.15, 0.2) is 0 Å². The van der Waals surface area contributed by atoms with Crippen LogP contribution < -0.4 is 0 Å². The van der Waals surface area contributed by atoms with Gasteiger partial charge in [0.25, 0.3) is 0 Å². The number of unbranched alkanes of at least 4 members (excludes halogenated alkanes) is 2. The average Bonchev–Trinajstić information content (AvgIpc) is 2.17. The van der Waals surface area contributed by atoms with Gasteiger partial charge in [-0.25, -0.2) is 0 Å². The van der Waals surface area contributed by atoms with E-state index in [1.807, 2.05) is 0 Å². The Hall–Kier alpha value is -0.280. The second-order valence-corrected chi connectivity index (χ2v) is 4.05. The zero-order chi connectivity index (χ0) is 11.5. The molecule has 0 fully saturated rings. The molecule has 4 heteroatoms. The maximum Gasteiger partial charge on any atom is 0.303 e. The number of hydrogen-bond acceptors (Lipinski definition) is 2. The molecular weight excluding hydrogens is 226 g/mol. The van der Waals surface area contributed by atoms with Crippen LogP contribution >= 0.6 is 12.4 Å². The quantitative estimate of drug-likeness (QED) is 0.607. The molecule has 16 heavy (non-hydrogen) atoms. The van der Waals surface area contributed by atoms with Crippen molar-refractivity contribution in [2.24, 2.45) is 0 Å². The third-order valence-corrected chi connectivity index (χ3v) is 2.44. The Morgan fingerprint density at radius 2 is 1.56 bits per heavy atom. The van der Waals surface area contributed by atoms with Gasteiger partial charge in [0.2, 0.25) is 0 Å². The third-order valence-electron chi connectivity index (χ3n) is 2.44. The van der Waals surface area contributed by atoms with Crippen LogP contribution in [0.5, 0.6) is 0 Å². The second kappa shape index (κ2) is 12.8. The van der Waals surface area contributed by atoms with Gasteiger partial charge in [-0.3, -0.25) is 4.79 Å². The summed E-state index contributed by atoms with van der Waals surface area (Å²) in [6, 6.07) is 0. The zero-order valence-corrected chi connectivity index (χ0v) is 11.4. The highest BCUT2D eigenvalue weighted by Gasteiger charge is 2.02. The number of aliphatic carboxylic acids is 1. The van der Waals surface area contributed by atoms with Crippen molar-refractivity contribution >= 4 is 18.4 Å². The van der Waals surface area contributed by atoms with Crippen molar-refractivity contribution in [3.05, 3.63) is 0 Å². The Balaban J connectivity index is 0. The molecule has 0 heterocycles. The largest absolute Gasteiger partial charge is 0.481 e. The third kappa shape index (κ3) is 11.8. The van der Waals surface area contributed by atoms with E-state index in [1.165, 1.54) is 25.9 Å². The van der Waals surface area contributed by atoms with Crippen LogP contribution in [0, 0.1) is 0 Å². The lowest BCUT2D eigenvalue weighted by Gasteiger charge is -2.20. The molecule has 0 rings (SSSR count). The average molecular weight is 252 g/mol. The van der Waals surface area contributed by atoms with Crippen LogP contribution in [-0.4, -0.2) is 35.6 Å². The van der Waals surface area contributed by atoms with Crippen LogP contribution in [0.4, 0.5) is 0 Å². The predicted molar refractivity (Wildman–Crippen MR) is 70.4 cm³/mol. The number of carboxylic acids is 1. The van der Waals surface area contributed by atoms with Crippen molar-refractivity contribution in [2.75, 3.05) is 19.6 Å². The smallest absolute Gasteiger partial charge is 0.303 e. The number of carboxylic acid groups (broad SMARTS) is 1. The van der Waals surface area contributed by atoms with Gasteiger partial charge in [-0.05, 0) is 45.3 Å². The fourth-order valence-electron chi connectivity index (χ4n) is 1.76. The molecule has 0 aliphatic heterocycles. The summed E-state index contributed by atoms with van der Waals surface area (Å²) in [5.41, 5.74) is 0. The first-order chi connectivity index (χ1) is 7.20. The molecule has 0 aromatic carbocycles. The summed E-state index contributed by atoms with van der Waals surface area (Å²) in [5, 5.41) is 8.48. The molecular formula is C12H26ClNO2. The van der Waals surface area contributed by atoms with E-state index >= 15 is 0 Å². The summed E-state index contributed by atoms with van der Waals surface area (Å²) in [6.45, 7) is 7.88. The molecule has 0 bridgehead atoms. The Bertz CT molecular complexity index is 159. The topological polar surface area (TPSA) is 40.5 Å². The predicted octanol–water partition coefficient (Wildman–Crippen LogP) is 3.18. The monoisotopic (exact) mass is 251 g/mol. The molecule has 98 valence electrons. The molecule has 0 aliphatic carbocycles. The maximum absolute atomic E-state index is 10.3. The van der Waals surface area contributed by atoms with Gasteiger partial charge in [-0.15, -0.1) is 12.4 Å². The number of nitrogens with zero attached hydrogens (tertiary/aromatic N) is 1. The molecule has 0 amide bonds. The van der Waals surface area contributed by atoms with Crippen molar-refractivity contribution in [3.63, 3.8) is 0 Å². The van der Waals surface area contributed by atoms with E-state index in [0.29, 0.717) is 6.42 Å². The first kappa shape index (κ1) is 18.1. The van der Waals surface area contributed by atoms with E-state index in [1.54, 1.807) is 0 Å². The van der Waals surface area contributed by atoms with E-state index in [2.05, 4.69) is 18.7 Å². The number of carbonyl (C=O) groups is 1. The first-order valence-corrected chi connectivity index (χ1v) is 6.14. The summed E-state index contributed by atoms with van der Waals surface area (Å²) < 4.78 is 0. The fraction of sp³-hybridized carbons (Fsp3) is 0.917. The standard InChI is InChI=1S/C12H25NO2.ClH/c1-3-9-13(10-4-2)11-7-5-6-8-12(14)15;/h3-11H2,1-2H3,(H,14,15);1H. The highest BCUT2D eigenvalue weighted by atomic mass is 35.5. The molecule has 3 nitrogen and oxygen atoms in total. The van der Waals surface area contributed by atoms with E-state index in [-0.39, 0.29) is 12.4 Å². The van der Waals surface area contributed by atoms with Gasteiger partial charge in [0, 0.05) is 6.42 Å². The SMILES string of the molecule is CCCN(CCC)CCCCCC(=O)O.Cl. The Morgan fingerprint density at radius 3 is 2.00 bits per heavy atom. The molecule has 0 spiro atoms. The van der Waals surface area contributed by atoms with Crippen LogP contribution in [0.25, 0.3) is 0 Å². The minimum absolute atomic E-state index is 0. The van der Waals surface area contributed by atoms with Crippen molar-refractivity contribution in [2.45, 2.75) is 52.4 Å². The molecule has 0 aromatic heterocycles. The highest BCUT2D eigenvalue weighted by molar-refractivity contribution is 5.85. The van der Waals surface area contributed by atoms with Gasteiger partial charge < -0.3 is 10.0 Å². The highest BCUT2D eigenvalue weighted by Crippen LogP contribution is 2.03. The van der Waals surface area contributed by atoms with Gasteiger partial charge in [0.05, 0.1) is 0 Å². The van der Waals surface area contributed by atoms with Crippen LogP contribution in [0.2, 0.25) is 0 Å². The van der Waals surface area contributed by atoms with Crippen LogP contribution in [0.1, 0.15) is 52.4 Å². The van der Waals surface area contributed by atoms with Crippen molar-refractivity contribution in [1.82, 2.24) is 4.90 Å². The normalized spacial score (nSPS) is 10.2. The fourth-order valence-corrected chi connectivity index (χ4v) is 1.76. The summed E-state index contributed by atoms with van der Waals surface area (Å²) >= 11 is 0. The second-order valence-electron chi connectivity index (χ2n) is 4.05. The van der Waals surface area contributed by atoms with E-state index < -0.39 is 5.97 Å². The van der Waals surface area contributed by atoms with E-state index in [0.717, 1.165) is 25.8 Å². The molecule has 0 saturated carbocycles. The number of hydrogen-bond donors (Lipinski definition) is 1. The molecule has 1 N–H and O–H groups in total. The Kier molecular flexibility index (Phi) is 14.5. The van der Waals surface area contributed by atoms with Crippen LogP contribution in [0.3, 0.4) is 0 Å². The summed E-state index contributed by atoms with van der Waals surface area (Å²) in [5.74, 6) is -0.672. The molecule has 0 radical (unpaired) electrons. The molecule has 0 saturated heterocycles. The summed E-state index contributed by atoms with van der Waals surface area (Å²) in [4.78, 5) is 12.8. The Morgan fingerprint density at radius 1 is 1.00 bits per heavy atom. The van der Waals surface area contributed by atoms with Crippen molar-refractivity contribution < 1.29 is 9.90 Å². The molecule has 0 aromatic rings. The van der Waals surface area contributed by atoms with Gasteiger partial charge in [-0.1, -0.05) is 20.3 Å². The van der Waals surface area contributed by atoms with Gasteiger partial charge >= 0.3 is 5.97 Å². The summed E-state index contributed by atoms with van der Waals surface area (Å²) in [6.07, 6.45) is 5.72. The number of rotatable bonds is 10. The van der Waals surface area contributed by atoms with Crippen molar-refractivity contribution in [1.29, 1.82) is 0 Å². The first-order valence-electron chi connectivity index (χ1n) is 6.14. The van der Waals surface area contributed by atoms with E-state index in [9.17, 15) is 4.79 Å². The Labute approximate surface area is 106 Å². The van der Waals surface area contributed by atoms with Gasteiger partial charge in [-0.2, -0.15) is 0 Å².